The van der Waals surface area contributed by atoms with Crippen molar-refractivity contribution in [1.82, 2.24) is 5.32 Å². The van der Waals surface area contributed by atoms with Crippen LogP contribution in [0.4, 0.5) is 0 Å². The van der Waals surface area contributed by atoms with Crippen LogP contribution in [0.15, 0.2) is 45.3 Å². The molecule has 0 aromatic heterocycles. The molecule has 0 amide bonds. The third-order valence-electron chi connectivity index (χ3n) is 3.25. The third-order valence-corrected chi connectivity index (χ3v) is 4.36. The summed E-state index contributed by atoms with van der Waals surface area (Å²) in [5.41, 5.74) is 2.32. The number of hydrogen-bond acceptors (Lipinski definition) is 2. The van der Waals surface area contributed by atoms with Crippen molar-refractivity contribution in [3.63, 3.8) is 0 Å². The highest BCUT2D eigenvalue weighted by Crippen LogP contribution is 2.34. The maximum Gasteiger partial charge on any atom is 0.141 e. The van der Waals surface area contributed by atoms with Crippen molar-refractivity contribution in [2.45, 2.75) is 19.9 Å². The van der Waals surface area contributed by atoms with Gasteiger partial charge in [-0.3, -0.25) is 0 Å². The van der Waals surface area contributed by atoms with Gasteiger partial charge in [-0.05, 0) is 78.3 Å². The zero-order chi connectivity index (χ0) is 14.7. The number of ether oxygens (including phenoxy) is 1. The summed E-state index contributed by atoms with van der Waals surface area (Å²) in [6.07, 6.45) is 0. The van der Waals surface area contributed by atoms with E-state index in [2.05, 4.69) is 56.2 Å². The molecule has 0 heterocycles. The van der Waals surface area contributed by atoms with Crippen molar-refractivity contribution in [2.24, 2.45) is 0 Å². The van der Waals surface area contributed by atoms with E-state index < -0.39 is 0 Å². The van der Waals surface area contributed by atoms with Crippen molar-refractivity contribution in [2.75, 3.05) is 7.05 Å². The van der Waals surface area contributed by atoms with Gasteiger partial charge in [0.2, 0.25) is 0 Å². The Labute approximate surface area is 136 Å². The van der Waals surface area contributed by atoms with Gasteiger partial charge in [-0.15, -0.1) is 0 Å². The molecule has 106 valence electrons. The third kappa shape index (κ3) is 3.62. The van der Waals surface area contributed by atoms with Crippen LogP contribution in [-0.2, 0) is 0 Å². The van der Waals surface area contributed by atoms with Gasteiger partial charge < -0.3 is 10.1 Å². The highest BCUT2D eigenvalue weighted by atomic mass is 79.9. The predicted molar refractivity (Wildman–Crippen MR) is 90.6 cm³/mol. The van der Waals surface area contributed by atoms with Crippen LogP contribution < -0.4 is 10.1 Å². The smallest absolute Gasteiger partial charge is 0.141 e. The molecule has 2 aromatic rings. The van der Waals surface area contributed by atoms with Crippen LogP contribution in [0.1, 0.15) is 24.1 Å². The number of nitrogens with one attached hydrogen (secondary N) is 1. The van der Waals surface area contributed by atoms with Gasteiger partial charge in [0, 0.05) is 10.5 Å². The molecule has 0 aliphatic carbocycles. The molecule has 2 rings (SSSR count). The fraction of sp³-hybridized carbons (Fsp3) is 0.250. The van der Waals surface area contributed by atoms with Gasteiger partial charge in [0.05, 0.1) is 4.47 Å². The summed E-state index contributed by atoms with van der Waals surface area (Å²) < 4.78 is 7.99. The quantitative estimate of drug-likeness (QED) is 0.724. The van der Waals surface area contributed by atoms with E-state index in [0.717, 1.165) is 26.0 Å². The van der Waals surface area contributed by atoms with E-state index in [-0.39, 0.29) is 0 Å². The predicted octanol–water partition coefficient (Wildman–Crippen LogP) is 5.59. The molecule has 1 N–H and O–H groups in total. The molecule has 2 aromatic carbocycles. The molecule has 20 heavy (non-hydrogen) atoms. The maximum absolute atomic E-state index is 5.98. The van der Waals surface area contributed by atoms with E-state index in [4.69, 9.17) is 4.74 Å². The Bertz CT molecular complexity index is 613. The van der Waals surface area contributed by atoms with Crippen LogP contribution in [0, 0.1) is 6.92 Å². The van der Waals surface area contributed by atoms with Crippen molar-refractivity contribution in [3.05, 3.63) is 56.5 Å². The van der Waals surface area contributed by atoms with Crippen LogP contribution >= 0.6 is 31.9 Å². The normalized spacial score (nSPS) is 12.2. The van der Waals surface area contributed by atoms with E-state index in [1.54, 1.807) is 0 Å². The standard InChI is InChI=1S/C16H17Br2NO/c1-10-8-13(17)5-7-15(10)20-16-6-4-12(9-14(16)18)11(2)19-3/h4-9,11,19H,1-3H3. The molecule has 0 spiro atoms. The summed E-state index contributed by atoms with van der Waals surface area (Å²) in [5.74, 6) is 1.69. The zero-order valence-corrected chi connectivity index (χ0v) is 14.9. The minimum Gasteiger partial charge on any atom is -0.456 e. The Kier molecular flexibility index (Phi) is 5.24. The molecule has 0 aliphatic rings. The SMILES string of the molecule is CNC(C)c1ccc(Oc2ccc(Br)cc2C)c(Br)c1. The molecule has 2 nitrogen and oxygen atoms in total. The summed E-state index contributed by atoms with van der Waals surface area (Å²) in [4.78, 5) is 0. The Morgan fingerprint density at radius 1 is 1.05 bits per heavy atom. The van der Waals surface area contributed by atoms with Gasteiger partial charge in [-0.1, -0.05) is 22.0 Å². The molecule has 0 radical (unpaired) electrons. The van der Waals surface area contributed by atoms with Crippen LogP contribution in [0.25, 0.3) is 0 Å². The summed E-state index contributed by atoms with van der Waals surface area (Å²) in [6, 6.07) is 12.5. The highest BCUT2D eigenvalue weighted by molar-refractivity contribution is 9.10. The van der Waals surface area contributed by atoms with Crippen molar-refractivity contribution in [1.29, 1.82) is 0 Å². The molecule has 0 bridgehead atoms. The van der Waals surface area contributed by atoms with E-state index in [9.17, 15) is 0 Å². The first kappa shape index (κ1) is 15.5. The molecular weight excluding hydrogens is 382 g/mol. The van der Waals surface area contributed by atoms with Crippen molar-refractivity contribution >= 4 is 31.9 Å². The molecule has 1 atom stereocenters. The van der Waals surface area contributed by atoms with Crippen molar-refractivity contribution < 1.29 is 4.74 Å². The summed E-state index contributed by atoms with van der Waals surface area (Å²) in [6.45, 7) is 4.16. The molecule has 1 unspecified atom stereocenters. The fourth-order valence-corrected chi connectivity index (χ4v) is 2.83. The van der Waals surface area contributed by atoms with Crippen LogP contribution in [0.3, 0.4) is 0 Å². The largest absolute Gasteiger partial charge is 0.456 e. The van der Waals surface area contributed by atoms with Gasteiger partial charge in [0.15, 0.2) is 0 Å². The Balaban J connectivity index is 2.25. The van der Waals surface area contributed by atoms with Gasteiger partial charge in [-0.2, -0.15) is 0 Å². The van der Waals surface area contributed by atoms with E-state index in [1.165, 1.54) is 5.56 Å². The molecule has 0 saturated heterocycles. The first-order chi connectivity index (χ1) is 9.51. The summed E-state index contributed by atoms with van der Waals surface area (Å²) in [5, 5.41) is 3.23. The molecule has 4 heteroatoms. The average Bonchev–Trinajstić information content (AvgIpc) is 2.42. The molecular formula is C16H17Br2NO. The lowest BCUT2D eigenvalue weighted by Gasteiger charge is -2.14. The fourth-order valence-electron chi connectivity index (χ4n) is 1.88. The van der Waals surface area contributed by atoms with Gasteiger partial charge in [-0.25, -0.2) is 0 Å². The van der Waals surface area contributed by atoms with Gasteiger partial charge in [0.1, 0.15) is 11.5 Å². The number of rotatable bonds is 4. The number of halogens is 2. The topological polar surface area (TPSA) is 21.3 Å². The Morgan fingerprint density at radius 2 is 1.75 bits per heavy atom. The van der Waals surface area contributed by atoms with E-state index in [0.29, 0.717) is 6.04 Å². The maximum atomic E-state index is 5.98. The molecule has 0 aliphatic heterocycles. The van der Waals surface area contributed by atoms with E-state index in [1.807, 2.05) is 38.2 Å². The average molecular weight is 399 g/mol. The monoisotopic (exact) mass is 397 g/mol. The Hall–Kier alpha value is -0.840. The zero-order valence-electron chi connectivity index (χ0n) is 11.7. The number of aryl methyl sites for hydroxylation is 1. The van der Waals surface area contributed by atoms with Crippen LogP contribution in [0.5, 0.6) is 11.5 Å². The molecule has 0 fully saturated rings. The summed E-state index contributed by atoms with van der Waals surface area (Å²) >= 11 is 7.04. The molecule has 0 saturated carbocycles. The second-order valence-corrected chi connectivity index (χ2v) is 6.48. The first-order valence-electron chi connectivity index (χ1n) is 6.42. The van der Waals surface area contributed by atoms with Gasteiger partial charge in [0.25, 0.3) is 0 Å². The van der Waals surface area contributed by atoms with Gasteiger partial charge >= 0.3 is 0 Å². The minimum absolute atomic E-state index is 0.315. The van der Waals surface area contributed by atoms with Crippen LogP contribution in [0.2, 0.25) is 0 Å². The Morgan fingerprint density at radius 3 is 2.35 bits per heavy atom. The lowest BCUT2D eigenvalue weighted by molar-refractivity contribution is 0.475. The van der Waals surface area contributed by atoms with Crippen LogP contribution in [-0.4, -0.2) is 7.05 Å². The number of benzene rings is 2. The van der Waals surface area contributed by atoms with Crippen molar-refractivity contribution in [3.8, 4) is 11.5 Å². The first-order valence-corrected chi connectivity index (χ1v) is 8.00. The second-order valence-electron chi connectivity index (χ2n) is 4.71. The van der Waals surface area contributed by atoms with E-state index >= 15 is 0 Å². The number of hydrogen-bond donors (Lipinski definition) is 1. The lowest BCUT2D eigenvalue weighted by Crippen LogP contribution is -2.12. The second kappa shape index (κ2) is 6.74. The highest BCUT2D eigenvalue weighted by Gasteiger charge is 2.09. The summed E-state index contributed by atoms with van der Waals surface area (Å²) in [7, 11) is 1.95. The minimum atomic E-state index is 0.315. The lowest BCUT2D eigenvalue weighted by atomic mass is 10.1.